The second-order valence-corrected chi connectivity index (χ2v) is 9.71. The van der Waals surface area contributed by atoms with Gasteiger partial charge in [-0.2, -0.15) is 0 Å². The van der Waals surface area contributed by atoms with Crippen LogP contribution in [0.2, 0.25) is 0 Å². The Kier molecular flexibility index (Phi) is 9.27. The number of likely N-dealkylation sites (tertiary alicyclic amines) is 1. The van der Waals surface area contributed by atoms with Crippen molar-refractivity contribution in [2.45, 2.75) is 50.4 Å². The Labute approximate surface area is 224 Å². The van der Waals surface area contributed by atoms with Crippen LogP contribution in [-0.4, -0.2) is 54.3 Å². The van der Waals surface area contributed by atoms with Gasteiger partial charge in [0, 0.05) is 13.0 Å². The van der Waals surface area contributed by atoms with Crippen molar-refractivity contribution in [3.05, 3.63) is 108 Å². The first-order valence-electron chi connectivity index (χ1n) is 13.2. The van der Waals surface area contributed by atoms with Gasteiger partial charge in [-0.3, -0.25) is 14.4 Å². The number of hydrogen-bond donors (Lipinski definition) is 3. The van der Waals surface area contributed by atoms with Gasteiger partial charge in [0.05, 0.1) is 12.1 Å². The first-order chi connectivity index (χ1) is 18.5. The van der Waals surface area contributed by atoms with E-state index in [9.17, 15) is 14.4 Å². The summed E-state index contributed by atoms with van der Waals surface area (Å²) in [6.45, 7) is 2.22. The van der Waals surface area contributed by atoms with Gasteiger partial charge in [0.15, 0.2) is 0 Å². The van der Waals surface area contributed by atoms with Crippen molar-refractivity contribution >= 4 is 17.7 Å². The highest BCUT2D eigenvalue weighted by molar-refractivity contribution is 5.93. The van der Waals surface area contributed by atoms with E-state index in [2.05, 4.69) is 16.0 Å². The molecule has 3 atom stereocenters. The molecule has 0 aliphatic carbocycles. The molecule has 0 aromatic heterocycles. The van der Waals surface area contributed by atoms with Gasteiger partial charge < -0.3 is 20.9 Å². The summed E-state index contributed by atoms with van der Waals surface area (Å²) >= 11 is 0. The summed E-state index contributed by atoms with van der Waals surface area (Å²) in [7, 11) is 1.70. The van der Waals surface area contributed by atoms with Crippen LogP contribution in [0.1, 0.15) is 42.5 Å². The molecule has 3 aromatic rings. The predicted octanol–water partition coefficient (Wildman–Crippen LogP) is 3.22. The lowest BCUT2D eigenvalue weighted by Crippen LogP contribution is -2.56. The topological polar surface area (TPSA) is 90.5 Å². The van der Waals surface area contributed by atoms with Crippen molar-refractivity contribution in [3.63, 3.8) is 0 Å². The van der Waals surface area contributed by atoms with Gasteiger partial charge in [0.25, 0.3) is 0 Å². The van der Waals surface area contributed by atoms with Crippen molar-refractivity contribution in [2.75, 3.05) is 13.6 Å². The Morgan fingerprint density at radius 1 is 0.842 bits per heavy atom. The van der Waals surface area contributed by atoms with Crippen molar-refractivity contribution < 1.29 is 14.4 Å². The maximum absolute atomic E-state index is 13.8. The Hall–Kier alpha value is -3.97. The molecule has 1 aliphatic heterocycles. The average molecular weight is 513 g/mol. The molecular formula is C31H36N4O3. The molecule has 1 saturated heterocycles. The van der Waals surface area contributed by atoms with E-state index in [0.717, 1.165) is 23.1 Å². The van der Waals surface area contributed by atoms with Crippen molar-refractivity contribution in [2.24, 2.45) is 0 Å². The molecule has 1 heterocycles. The van der Waals surface area contributed by atoms with Crippen LogP contribution in [0, 0.1) is 0 Å². The molecular weight excluding hydrogens is 476 g/mol. The summed E-state index contributed by atoms with van der Waals surface area (Å²) in [5.41, 5.74) is 2.88. The third kappa shape index (κ3) is 6.66. The van der Waals surface area contributed by atoms with Gasteiger partial charge in [-0.05, 0) is 43.5 Å². The van der Waals surface area contributed by atoms with Crippen LogP contribution in [0.4, 0.5) is 0 Å². The molecule has 3 aromatic carbocycles. The minimum Gasteiger partial charge on any atom is -0.343 e. The lowest BCUT2D eigenvalue weighted by Gasteiger charge is -2.30. The number of likely N-dealkylation sites (N-methyl/N-ethyl adjacent to an activating group) is 1. The van der Waals surface area contributed by atoms with Crippen LogP contribution in [-0.2, 0) is 20.8 Å². The van der Waals surface area contributed by atoms with Crippen molar-refractivity contribution in [3.8, 4) is 0 Å². The van der Waals surface area contributed by atoms with E-state index in [-0.39, 0.29) is 23.8 Å². The van der Waals surface area contributed by atoms with Gasteiger partial charge in [-0.15, -0.1) is 0 Å². The fraction of sp³-hybridized carbons (Fsp3) is 0.323. The van der Waals surface area contributed by atoms with Crippen molar-refractivity contribution in [1.82, 2.24) is 20.9 Å². The molecule has 198 valence electrons. The Balaban J connectivity index is 1.55. The highest BCUT2D eigenvalue weighted by Gasteiger charge is 2.38. The second kappa shape index (κ2) is 13.0. The van der Waals surface area contributed by atoms with Crippen LogP contribution in [0.15, 0.2) is 91.0 Å². The van der Waals surface area contributed by atoms with E-state index in [0.29, 0.717) is 19.4 Å². The zero-order valence-corrected chi connectivity index (χ0v) is 22.0. The molecule has 1 aliphatic rings. The number of benzene rings is 3. The molecule has 3 N–H and O–H groups in total. The summed E-state index contributed by atoms with van der Waals surface area (Å²) < 4.78 is 0. The van der Waals surface area contributed by atoms with Crippen LogP contribution in [0.3, 0.4) is 0 Å². The molecule has 0 spiro atoms. The maximum atomic E-state index is 13.8. The molecule has 0 saturated carbocycles. The van der Waals surface area contributed by atoms with E-state index in [1.165, 1.54) is 0 Å². The molecule has 4 rings (SSSR count). The minimum absolute atomic E-state index is 0.193. The fourth-order valence-corrected chi connectivity index (χ4v) is 4.87. The van der Waals surface area contributed by atoms with Gasteiger partial charge >= 0.3 is 0 Å². The molecule has 3 amide bonds. The molecule has 7 heteroatoms. The number of amides is 3. The van der Waals surface area contributed by atoms with Crippen LogP contribution in [0.5, 0.6) is 0 Å². The smallest absolute Gasteiger partial charge is 0.246 e. The lowest BCUT2D eigenvalue weighted by molar-refractivity contribution is -0.141. The number of carbonyl (C=O) groups excluding carboxylic acids is 3. The molecule has 0 bridgehead atoms. The monoisotopic (exact) mass is 512 g/mol. The fourth-order valence-electron chi connectivity index (χ4n) is 4.87. The van der Waals surface area contributed by atoms with E-state index in [1.807, 2.05) is 91.0 Å². The molecule has 0 unspecified atom stereocenters. The Morgan fingerprint density at radius 3 is 1.95 bits per heavy atom. The lowest BCUT2D eigenvalue weighted by atomic mass is 9.98. The first-order valence-corrected chi connectivity index (χ1v) is 13.2. The Bertz CT molecular complexity index is 1160. The van der Waals surface area contributed by atoms with E-state index >= 15 is 0 Å². The average Bonchev–Trinajstić information content (AvgIpc) is 3.46. The molecule has 1 fully saturated rings. The van der Waals surface area contributed by atoms with Gasteiger partial charge in [0.1, 0.15) is 12.1 Å². The maximum Gasteiger partial charge on any atom is 0.246 e. The number of hydrogen-bond acceptors (Lipinski definition) is 4. The highest BCUT2D eigenvalue weighted by atomic mass is 16.2. The van der Waals surface area contributed by atoms with E-state index in [1.54, 1.807) is 18.9 Å². The summed E-state index contributed by atoms with van der Waals surface area (Å²) in [5.74, 6) is -0.684. The summed E-state index contributed by atoms with van der Waals surface area (Å²) in [6, 6.07) is 27.1. The highest BCUT2D eigenvalue weighted by Crippen LogP contribution is 2.25. The number of nitrogens with one attached hydrogen (secondary N) is 3. The third-order valence-electron chi connectivity index (χ3n) is 7.11. The van der Waals surface area contributed by atoms with Gasteiger partial charge in [0.2, 0.25) is 17.7 Å². The predicted molar refractivity (Wildman–Crippen MR) is 148 cm³/mol. The number of rotatable bonds is 10. The molecule has 7 nitrogen and oxygen atoms in total. The number of nitrogens with zero attached hydrogens (tertiary/aromatic N) is 1. The summed E-state index contributed by atoms with van der Waals surface area (Å²) in [6.07, 6.45) is 1.65. The van der Waals surface area contributed by atoms with Crippen LogP contribution < -0.4 is 16.0 Å². The van der Waals surface area contributed by atoms with Crippen LogP contribution >= 0.6 is 0 Å². The zero-order chi connectivity index (χ0) is 26.9. The van der Waals surface area contributed by atoms with Crippen LogP contribution in [0.25, 0.3) is 0 Å². The first kappa shape index (κ1) is 27.1. The van der Waals surface area contributed by atoms with E-state index < -0.39 is 18.1 Å². The van der Waals surface area contributed by atoms with Crippen molar-refractivity contribution in [1.29, 1.82) is 0 Å². The summed E-state index contributed by atoms with van der Waals surface area (Å²) in [4.78, 5) is 41.9. The quantitative estimate of drug-likeness (QED) is 0.389. The minimum atomic E-state index is -0.770. The zero-order valence-electron chi connectivity index (χ0n) is 22.0. The van der Waals surface area contributed by atoms with Gasteiger partial charge in [-0.25, -0.2) is 0 Å². The molecule has 0 radical (unpaired) electrons. The number of carbonyl (C=O) groups is 3. The van der Waals surface area contributed by atoms with E-state index in [4.69, 9.17) is 0 Å². The van der Waals surface area contributed by atoms with Gasteiger partial charge in [-0.1, -0.05) is 91.0 Å². The molecule has 38 heavy (non-hydrogen) atoms. The Morgan fingerprint density at radius 2 is 1.39 bits per heavy atom. The largest absolute Gasteiger partial charge is 0.343 e. The standard InChI is InChI=1S/C31H36N4O3/c1-22(32-2)29(36)33-26(21-23-13-6-3-7-14-23)31(38)35-20-12-19-27(35)30(37)34-28(24-15-8-4-9-16-24)25-17-10-5-11-18-25/h3-11,13-18,22,26-28,32H,12,19-21H2,1-2H3,(H,33,36)(H,34,37)/t22-,26-,27-/m0/s1. The second-order valence-electron chi connectivity index (χ2n) is 9.71. The third-order valence-corrected chi connectivity index (χ3v) is 7.11. The summed E-state index contributed by atoms with van der Waals surface area (Å²) in [5, 5.41) is 9.04. The SMILES string of the molecule is CN[C@@H](C)C(=O)N[C@@H](Cc1ccccc1)C(=O)N1CCC[C@H]1C(=O)NC(c1ccccc1)c1ccccc1. The normalized spacial score (nSPS) is 16.6.